The van der Waals surface area contributed by atoms with Gasteiger partial charge in [-0.1, -0.05) is 57.8 Å². The summed E-state index contributed by atoms with van der Waals surface area (Å²) in [6.07, 6.45) is 17.3. The van der Waals surface area contributed by atoms with E-state index in [0.717, 1.165) is 17.3 Å². The number of rotatable bonds is 2. The zero-order valence-electron chi connectivity index (χ0n) is 14.7. The van der Waals surface area contributed by atoms with Gasteiger partial charge in [0.15, 0.2) is 5.11 Å². The molecule has 1 aliphatic rings. The Bertz CT molecular complexity index is 555. The van der Waals surface area contributed by atoms with Gasteiger partial charge in [0.05, 0.1) is 5.56 Å². The van der Waals surface area contributed by atoms with Crippen LogP contribution in [-0.4, -0.2) is 22.0 Å². The summed E-state index contributed by atoms with van der Waals surface area (Å²) in [4.78, 5) is 16.3. The van der Waals surface area contributed by atoms with Gasteiger partial charge in [-0.25, -0.2) is 0 Å². The predicted molar refractivity (Wildman–Crippen MR) is 110 cm³/mol. The Balaban J connectivity index is 1.82. The molecular formula is C19H28BrN3OS. The van der Waals surface area contributed by atoms with Gasteiger partial charge < -0.3 is 5.32 Å². The number of nitrogens with one attached hydrogen (secondary N) is 2. The Labute approximate surface area is 164 Å². The molecule has 0 aliphatic heterocycles. The maximum Gasteiger partial charge on any atom is 0.259 e. The Morgan fingerprint density at radius 2 is 1.56 bits per heavy atom. The van der Waals surface area contributed by atoms with Crippen LogP contribution in [0.15, 0.2) is 22.9 Å². The van der Waals surface area contributed by atoms with Crippen molar-refractivity contribution in [2.45, 2.75) is 76.7 Å². The summed E-state index contributed by atoms with van der Waals surface area (Å²) in [5, 5.41) is 6.55. The highest BCUT2D eigenvalue weighted by Gasteiger charge is 2.13. The largest absolute Gasteiger partial charge is 0.360 e. The first kappa shape index (κ1) is 20.3. The summed E-state index contributed by atoms with van der Waals surface area (Å²) in [5.41, 5.74) is 0.497. The highest BCUT2D eigenvalue weighted by atomic mass is 79.9. The van der Waals surface area contributed by atoms with Gasteiger partial charge in [0.2, 0.25) is 0 Å². The SMILES string of the molecule is O=C(NC(=S)NC1CCCCCCCCCCC1)c1cncc(Br)c1. The van der Waals surface area contributed by atoms with Crippen LogP contribution < -0.4 is 10.6 Å². The zero-order valence-corrected chi connectivity index (χ0v) is 17.1. The van der Waals surface area contributed by atoms with E-state index in [1.807, 2.05) is 0 Å². The van der Waals surface area contributed by atoms with Gasteiger partial charge in [0, 0.05) is 22.9 Å². The summed E-state index contributed by atoms with van der Waals surface area (Å²) >= 11 is 8.68. The molecule has 25 heavy (non-hydrogen) atoms. The van der Waals surface area contributed by atoms with Crippen LogP contribution in [0.3, 0.4) is 0 Å². The summed E-state index contributed by atoms with van der Waals surface area (Å²) in [6, 6.07) is 2.09. The molecule has 2 rings (SSSR count). The Morgan fingerprint density at radius 3 is 2.12 bits per heavy atom. The molecule has 4 nitrogen and oxygen atoms in total. The number of thiocarbonyl (C=S) groups is 1. The predicted octanol–water partition coefficient (Wildman–Crippen LogP) is 5.12. The number of nitrogens with zero attached hydrogens (tertiary/aromatic N) is 1. The van der Waals surface area contributed by atoms with Crippen molar-refractivity contribution in [1.82, 2.24) is 15.6 Å². The van der Waals surface area contributed by atoms with Crippen molar-refractivity contribution in [2.75, 3.05) is 0 Å². The second-order valence-corrected chi connectivity index (χ2v) is 8.10. The molecular weight excluding hydrogens is 398 g/mol. The molecule has 0 atom stereocenters. The fourth-order valence-electron chi connectivity index (χ4n) is 3.24. The van der Waals surface area contributed by atoms with Crippen molar-refractivity contribution in [2.24, 2.45) is 0 Å². The number of amides is 1. The average molecular weight is 426 g/mol. The molecule has 1 fully saturated rings. The van der Waals surface area contributed by atoms with E-state index in [1.165, 1.54) is 57.8 Å². The van der Waals surface area contributed by atoms with Crippen LogP contribution in [0, 0.1) is 0 Å². The standard InChI is InChI=1S/C19H28BrN3OS/c20-16-12-15(13-21-14-16)18(24)23-19(25)22-17-10-8-6-4-2-1-3-5-7-9-11-17/h12-14,17H,1-11H2,(H2,22,23,24,25). The van der Waals surface area contributed by atoms with E-state index in [-0.39, 0.29) is 5.91 Å². The number of carbonyl (C=O) groups is 1. The van der Waals surface area contributed by atoms with Crippen molar-refractivity contribution in [3.8, 4) is 0 Å². The van der Waals surface area contributed by atoms with E-state index in [1.54, 1.807) is 18.5 Å². The molecule has 138 valence electrons. The zero-order chi connectivity index (χ0) is 17.9. The lowest BCUT2D eigenvalue weighted by atomic mass is 9.98. The van der Waals surface area contributed by atoms with Gasteiger partial charge in [0.25, 0.3) is 5.91 Å². The third-order valence-electron chi connectivity index (χ3n) is 4.63. The van der Waals surface area contributed by atoms with Gasteiger partial charge in [-0.15, -0.1) is 0 Å². The third-order valence-corrected chi connectivity index (χ3v) is 5.29. The van der Waals surface area contributed by atoms with Crippen molar-refractivity contribution < 1.29 is 4.79 Å². The Hall–Kier alpha value is -1.01. The lowest BCUT2D eigenvalue weighted by molar-refractivity contribution is 0.0976. The second-order valence-electron chi connectivity index (χ2n) is 6.78. The molecule has 2 N–H and O–H groups in total. The van der Waals surface area contributed by atoms with Crippen molar-refractivity contribution in [3.63, 3.8) is 0 Å². The molecule has 1 heterocycles. The first-order valence-corrected chi connectivity index (χ1v) is 10.6. The van der Waals surface area contributed by atoms with Crippen molar-refractivity contribution in [3.05, 3.63) is 28.5 Å². The summed E-state index contributed by atoms with van der Waals surface area (Å²) in [6.45, 7) is 0. The normalized spacial score (nSPS) is 17.8. The number of hydrogen-bond donors (Lipinski definition) is 2. The fraction of sp³-hybridized carbons (Fsp3) is 0.632. The fourth-order valence-corrected chi connectivity index (χ4v) is 3.86. The molecule has 1 aromatic heterocycles. The van der Waals surface area contributed by atoms with Crippen LogP contribution in [0.4, 0.5) is 0 Å². The van der Waals surface area contributed by atoms with E-state index in [9.17, 15) is 4.79 Å². The molecule has 1 amide bonds. The van der Waals surface area contributed by atoms with Crippen molar-refractivity contribution in [1.29, 1.82) is 0 Å². The molecule has 0 radical (unpaired) electrons. The minimum atomic E-state index is -0.223. The van der Waals surface area contributed by atoms with Gasteiger partial charge in [-0.3, -0.25) is 15.1 Å². The van der Waals surface area contributed by atoms with Crippen LogP contribution >= 0.6 is 28.1 Å². The lowest BCUT2D eigenvalue weighted by Gasteiger charge is -2.21. The molecule has 0 saturated heterocycles. The average Bonchev–Trinajstić information content (AvgIpc) is 2.57. The molecule has 1 aliphatic carbocycles. The molecule has 0 spiro atoms. The lowest BCUT2D eigenvalue weighted by Crippen LogP contribution is -2.44. The monoisotopic (exact) mass is 425 g/mol. The summed E-state index contributed by atoms with van der Waals surface area (Å²) < 4.78 is 0.776. The summed E-state index contributed by atoms with van der Waals surface area (Å²) in [5.74, 6) is -0.223. The minimum Gasteiger partial charge on any atom is -0.360 e. The van der Waals surface area contributed by atoms with Gasteiger partial charge in [-0.05, 0) is 47.1 Å². The molecule has 0 unspecified atom stereocenters. The van der Waals surface area contributed by atoms with Crippen LogP contribution in [0.1, 0.15) is 81.0 Å². The molecule has 6 heteroatoms. The number of hydrogen-bond acceptors (Lipinski definition) is 3. The number of carbonyl (C=O) groups excluding carboxylic acids is 1. The maximum atomic E-state index is 12.3. The van der Waals surface area contributed by atoms with Crippen molar-refractivity contribution >= 4 is 39.2 Å². The molecule has 0 bridgehead atoms. The Kier molecular flexibility index (Phi) is 9.40. The van der Waals surface area contributed by atoms with Crippen LogP contribution in [0.25, 0.3) is 0 Å². The van der Waals surface area contributed by atoms with E-state index in [4.69, 9.17) is 12.2 Å². The molecule has 1 aromatic rings. The van der Waals surface area contributed by atoms with Gasteiger partial charge in [-0.2, -0.15) is 0 Å². The smallest absolute Gasteiger partial charge is 0.259 e. The first-order chi connectivity index (χ1) is 12.1. The quantitative estimate of drug-likeness (QED) is 0.645. The van der Waals surface area contributed by atoms with E-state index < -0.39 is 0 Å². The summed E-state index contributed by atoms with van der Waals surface area (Å²) in [7, 11) is 0. The van der Waals surface area contributed by atoms with E-state index in [0.29, 0.717) is 16.7 Å². The minimum absolute atomic E-state index is 0.223. The Morgan fingerprint density at radius 1 is 1.00 bits per heavy atom. The van der Waals surface area contributed by atoms with E-state index >= 15 is 0 Å². The van der Waals surface area contributed by atoms with Gasteiger partial charge in [0.1, 0.15) is 0 Å². The molecule has 0 aromatic carbocycles. The van der Waals surface area contributed by atoms with Crippen LogP contribution in [-0.2, 0) is 0 Å². The third kappa shape index (κ3) is 8.27. The highest BCUT2D eigenvalue weighted by Crippen LogP contribution is 2.17. The number of halogens is 1. The maximum absolute atomic E-state index is 12.3. The van der Waals surface area contributed by atoms with E-state index in [2.05, 4.69) is 31.5 Å². The highest BCUT2D eigenvalue weighted by molar-refractivity contribution is 9.10. The van der Waals surface area contributed by atoms with Gasteiger partial charge >= 0.3 is 0 Å². The number of aromatic nitrogens is 1. The van der Waals surface area contributed by atoms with Crippen LogP contribution in [0.5, 0.6) is 0 Å². The topological polar surface area (TPSA) is 54.0 Å². The molecule has 1 saturated carbocycles. The second kappa shape index (κ2) is 11.6. The van der Waals surface area contributed by atoms with Crippen LogP contribution in [0.2, 0.25) is 0 Å². The first-order valence-electron chi connectivity index (χ1n) is 9.37. The number of pyridine rings is 1.